The SMILES string of the molecule is CC(C)(c1ccc(F)cn1)N1CC[C@@](CO)(CCc2ccc(C#N)cc2)C1. The summed E-state index contributed by atoms with van der Waals surface area (Å²) < 4.78 is 13.2. The highest BCUT2D eigenvalue weighted by Gasteiger charge is 2.43. The zero-order valence-electron chi connectivity index (χ0n) is 16.0. The molecule has 0 radical (unpaired) electrons. The van der Waals surface area contributed by atoms with Crippen LogP contribution in [0.25, 0.3) is 0 Å². The predicted molar refractivity (Wildman–Crippen MR) is 102 cm³/mol. The Morgan fingerprint density at radius 2 is 2.00 bits per heavy atom. The van der Waals surface area contributed by atoms with Crippen molar-refractivity contribution in [1.82, 2.24) is 9.88 Å². The van der Waals surface area contributed by atoms with Crippen LogP contribution in [-0.2, 0) is 12.0 Å². The van der Waals surface area contributed by atoms with Crippen LogP contribution in [0.5, 0.6) is 0 Å². The third-order valence-corrected chi connectivity index (χ3v) is 5.95. The van der Waals surface area contributed by atoms with Gasteiger partial charge >= 0.3 is 0 Å². The van der Waals surface area contributed by atoms with E-state index in [9.17, 15) is 9.50 Å². The Hall–Kier alpha value is -2.29. The Morgan fingerprint density at radius 3 is 2.59 bits per heavy atom. The molecule has 2 heterocycles. The van der Waals surface area contributed by atoms with Crippen molar-refractivity contribution in [2.24, 2.45) is 5.41 Å². The van der Waals surface area contributed by atoms with Crippen molar-refractivity contribution in [2.45, 2.75) is 38.6 Å². The molecule has 1 aliphatic heterocycles. The van der Waals surface area contributed by atoms with Crippen molar-refractivity contribution >= 4 is 0 Å². The van der Waals surface area contributed by atoms with E-state index in [4.69, 9.17) is 5.26 Å². The lowest BCUT2D eigenvalue weighted by molar-refractivity contribution is 0.0853. The molecule has 0 unspecified atom stereocenters. The van der Waals surface area contributed by atoms with Crippen molar-refractivity contribution in [1.29, 1.82) is 5.26 Å². The fourth-order valence-electron chi connectivity index (χ4n) is 3.88. The molecule has 1 saturated heterocycles. The van der Waals surface area contributed by atoms with Crippen LogP contribution in [0.3, 0.4) is 0 Å². The van der Waals surface area contributed by atoms with Crippen LogP contribution in [0.4, 0.5) is 4.39 Å². The van der Waals surface area contributed by atoms with Gasteiger partial charge in [-0.15, -0.1) is 0 Å². The van der Waals surface area contributed by atoms with E-state index >= 15 is 0 Å². The maximum absolute atomic E-state index is 13.2. The fraction of sp³-hybridized carbons (Fsp3) is 0.455. The van der Waals surface area contributed by atoms with E-state index in [1.807, 2.05) is 24.3 Å². The van der Waals surface area contributed by atoms with E-state index < -0.39 is 0 Å². The summed E-state index contributed by atoms with van der Waals surface area (Å²) in [6.07, 6.45) is 3.94. The number of nitrogens with zero attached hydrogens (tertiary/aromatic N) is 3. The predicted octanol–water partition coefficient (Wildman–Crippen LogP) is 3.64. The Morgan fingerprint density at radius 1 is 1.26 bits per heavy atom. The van der Waals surface area contributed by atoms with Crippen LogP contribution in [0.15, 0.2) is 42.6 Å². The van der Waals surface area contributed by atoms with Crippen LogP contribution in [0.1, 0.15) is 43.5 Å². The third kappa shape index (κ3) is 4.18. The normalized spacial score (nSPS) is 20.6. The van der Waals surface area contributed by atoms with Crippen LogP contribution in [0.2, 0.25) is 0 Å². The third-order valence-electron chi connectivity index (χ3n) is 5.95. The fourth-order valence-corrected chi connectivity index (χ4v) is 3.88. The minimum absolute atomic E-state index is 0.146. The van der Waals surface area contributed by atoms with Gasteiger partial charge in [-0.05, 0) is 69.5 Å². The Bertz CT molecular complexity index is 811. The maximum Gasteiger partial charge on any atom is 0.141 e. The molecule has 27 heavy (non-hydrogen) atoms. The van der Waals surface area contributed by atoms with Crippen molar-refractivity contribution in [3.63, 3.8) is 0 Å². The molecule has 0 bridgehead atoms. The molecule has 4 nitrogen and oxygen atoms in total. The molecule has 0 saturated carbocycles. The van der Waals surface area contributed by atoms with Gasteiger partial charge < -0.3 is 5.11 Å². The summed E-state index contributed by atoms with van der Waals surface area (Å²) in [5, 5.41) is 19.0. The number of aromatic nitrogens is 1. The summed E-state index contributed by atoms with van der Waals surface area (Å²) in [5.74, 6) is -0.330. The zero-order chi connectivity index (χ0) is 19.5. The van der Waals surface area contributed by atoms with E-state index in [-0.39, 0.29) is 23.4 Å². The Kier molecular flexibility index (Phi) is 5.59. The number of hydrogen-bond acceptors (Lipinski definition) is 4. The molecule has 0 aliphatic carbocycles. The molecule has 142 valence electrons. The van der Waals surface area contributed by atoms with Crippen molar-refractivity contribution in [2.75, 3.05) is 19.7 Å². The average Bonchev–Trinajstić information content (AvgIpc) is 3.13. The highest BCUT2D eigenvalue weighted by Crippen LogP contribution is 2.40. The number of rotatable bonds is 6. The van der Waals surface area contributed by atoms with Gasteiger partial charge in [-0.3, -0.25) is 9.88 Å². The first-order valence-electron chi connectivity index (χ1n) is 9.36. The maximum atomic E-state index is 13.2. The van der Waals surface area contributed by atoms with Gasteiger partial charge in [-0.25, -0.2) is 4.39 Å². The molecular weight excluding hydrogens is 341 g/mol. The largest absolute Gasteiger partial charge is 0.396 e. The molecule has 1 atom stereocenters. The lowest BCUT2D eigenvalue weighted by atomic mass is 9.82. The number of aliphatic hydroxyl groups is 1. The molecule has 1 aromatic heterocycles. The second-order valence-electron chi connectivity index (χ2n) is 8.06. The molecular formula is C22H26FN3O. The minimum Gasteiger partial charge on any atom is -0.396 e. The molecule has 1 fully saturated rings. The summed E-state index contributed by atoms with van der Waals surface area (Å²) in [4.78, 5) is 6.61. The summed E-state index contributed by atoms with van der Waals surface area (Å²) in [6, 6.07) is 13.0. The lowest BCUT2D eigenvalue weighted by Crippen LogP contribution is -2.42. The van der Waals surface area contributed by atoms with E-state index in [2.05, 4.69) is 29.8 Å². The van der Waals surface area contributed by atoms with Crippen LogP contribution in [0, 0.1) is 22.6 Å². The van der Waals surface area contributed by atoms with Gasteiger partial charge in [0.1, 0.15) is 5.82 Å². The van der Waals surface area contributed by atoms with Gasteiger partial charge in [0.15, 0.2) is 0 Å². The number of aryl methyl sites for hydroxylation is 1. The first-order chi connectivity index (χ1) is 12.9. The monoisotopic (exact) mass is 367 g/mol. The van der Waals surface area contributed by atoms with Crippen LogP contribution in [-0.4, -0.2) is 34.7 Å². The van der Waals surface area contributed by atoms with Gasteiger partial charge in [-0.1, -0.05) is 12.1 Å². The van der Waals surface area contributed by atoms with E-state index in [0.29, 0.717) is 5.56 Å². The van der Waals surface area contributed by atoms with Gasteiger partial charge in [0, 0.05) is 18.6 Å². The highest BCUT2D eigenvalue weighted by atomic mass is 19.1. The molecule has 1 aliphatic rings. The quantitative estimate of drug-likeness (QED) is 0.847. The Balaban J connectivity index is 1.68. The second-order valence-corrected chi connectivity index (χ2v) is 8.06. The highest BCUT2D eigenvalue weighted by molar-refractivity contribution is 5.31. The number of likely N-dealkylation sites (tertiary alicyclic amines) is 1. The molecule has 2 aromatic rings. The number of hydrogen-bond donors (Lipinski definition) is 1. The van der Waals surface area contributed by atoms with Gasteiger partial charge in [0.05, 0.1) is 29.1 Å². The van der Waals surface area contributed by atoms with Crippen molar-refractivity contribution < 1.29 is 9.50 Å². The molecule has 1 aromatic carbocycles. The first-order valence-corrected chi connectivity index (χ1v) is 9.36. The van der Waals surface area contributed by atoms with Crippen LogP contribution < -0.4 is 0 Å². The van der Waals surface area contributed by atoms with Gasteiger partial charge in [0.2, 0.25) is 0 Å². The van der Waals surface area contributed by atoms with Crippen LogP contribution >= 0.6 is 0 Å². The number of halogens is 1. The van der Waals surface area contributed by atoms with E-state index in [1.54, 1.807) is 6.07 Å². The molecule has 5 heteroatoms. The van der Waals surface area contributed by atoms with E-state index in [0.717, 1.165) is 38.0 Å². The van der Waals surface area contributed by atoms with Gasteiger partial charge in [0.25, 0.3) is 0 Å². The number of pyridine rings is 1. The number of aliphatic hydroxyl groups excluding tert-OH is 1. The molecule has 3 rings (SSSR count). The molecule has 1 N–H and O–H groups in total. The topological polar surface area (TPSA) is 60.1 Å². The summed E-state index contributed by atoms with van der Waals surface area (Å²) in [5.41, 5.74) is 2.21. The standard InChI is InChI=1S/C22H26FN3O/c1-21(2,20-8-7-19(23)14-25-20)26-12-11-22(15-26,16-27)10-9-17-3-5-18(13-24)6-4-17/h3-8,14,27H,9-12,15-16H2,1-2H3/t22-/m0/s1. The number of benzene rings is 1. The van der Waals surface area contributed by atoms with E-state index in [1.165, 1.54) is 17.8 Å². The summed E-state index contributed by atoms with van der Waals surface area (Å²) in [6.45, 7) is 6.00. The zero-order valence-corrected chi connectivity index (χ0v) is 16.0. The Labute approximate surface area is 160 Å². The lowest BCUT2D eigenvalue weighted by Gasteiger charge is -2.37. The minimum atomic E-state index is -0.330. The second kappa shape index (κ2) is 7.75. The molecule has 0 spiro atoms. The van der Waals surface area contributed by atoms with Gasteiger partial charge in [-0.2, -0.15) is 5.26 Å². The van der Waals surface area contributed by atoms with Crippen molar-refractivity contribution in [3.8, 4) is 6.07 Å². The smallest absolute Gasteiger partial charge is 0.141 e. The number of nitriles is 1. The summed E-state index contributed by atoms with van der Waals surface area (Å²) in [7, 11) is 0. The summed E-state index contributed by atoms with van der Waals surface area (Å²) >= 11 is 0. The van der Waals surface area contributed by atoms with Crippen molar-refractivity contribution in [3.05, 3.63) is 65.2 Å². The molecule has 0 amide bonds. The first kappa shape index (κ1) is 19.5. The average molecular weight is 367 g/mol.